The van der Waals surface area contributed by atoms with Crippen LogP contribution >= 0.6 is 0 Å². The molecular weight excluding hydrogens is 318 g/mol. The minimum absolute atomic E-state index is 0.206. The molecule has 0 amide bonds. The predicted molar refractivity (Wildman–Crippen MR) is 91.8 cm³/mol. The summed E-state index contributed by atoms with van der Waals surface area (Å²) in [7, 11) is 0. The Labute approximate surface area is 145 Å². The molecule has 0 N–H and O–H groups in total. The van der Waals surface area contributed by atoms with E-state index in [4.69, 9.17) is 9.26 Å². The van der Waals surface area contributed by atoms with Crippen LogP contribution in [0.2, 0.25) is 0 Å². The standard InChI is InChI=1S/C18H19N5O2/c1-13-20-17(25-22-13)14-6-5-11-23(12-14)18-19-10-9-16(21-18)24-15-7-3-2-4-8-15/h2-4,7-10,14H,5-6,11-12H2,1H3/t14-/m1/s1. The fourth-order valence-corrected chi connectivity index (χ4v) is 2.99. The molecule has 0 unspecified atom stereocenters. The minimum Gasteiger partial charge on any atom is -0.439 e. The Kier molecular flexibility index (Phi) is 4.28. The summed E-state index contributed by atoms with van der Waals surface area (Å²) in [6, 6.07) is 11.4. The van der Waals surface area contributed by atoms with E-state index < -0.39 is 0 Å². The van der Waals surface area contributed by atoms with Gasteiger partial charge < -0.3 is 14.2 Å². The van der Waals surface area contributed by atoms with Gasteiger partial charge in [0, 0.05) is 25.4 Å². The second kappa shape index (κ2) is 6.88. The topological polar surface area (TPSA) is 77.2 Å². The van der Waals surface area contributed by atoms with Crippen molar-refractivity contribution in [1.82, 2.24) is 20.1 Å². The third-order valence-corrected chi connectivity index (χ3v) is 4.18. The maximum absolute atomic E-state index is 5.81. The molecule has 25 heavy (non-hydrogen) atoms. The van der Waals surface area contributed by atoms with Crippen LogP contribution in [0.3, 0.4) is 0 Å². The molecule has 128 valence electrons. The van der Waals surface area contributed by atoms with E-state index in [1.165, 1.54) is 0 Å². The number of aryl methyl sites for hydroxylation is 1. The van der Waals surface area contributed by atoms with Crippen molar-refractivity contribution in [1.29, 1.82) is 0 Å². The first kappa shape index (κ1) is 15.6. The highest BCUT2D eigenvalue weighted by Gasteiger charge is 2.27. The first-order valence-corrected chi connectivity index (χ1v) is 8.39. The van der Waals surface area contributed by atoms with Crippen molar-refractivity contribution in [2.24, 2.45) is 0 Å². The van der Waals surface area contributed by atoms with Gasteiger partial charge in [-0.15, -0.1) is 0 Å². The zero-order valence-corrected chi connectivity index (χ0v) is 14.0. The fourth-order valence-electron chi connectivity index (χ4n) is 2.99. The van der Waals surface area contributed by atoms with E-state index in [-0.39, 0.29) is 5.92 Å². The average molecular weight is 337 g/mol. The Morgan fingerprint density at radius 1 is 1.16 bits per heavy atom. The predicted octanol–water partition coefficient (Wildman–Crippen LogP) is 3.34. The van der Waals surface area contributed by atoms with Crippen molar-refractivity contribution in [2.75, 3.05) is 18.0 Å². The molecule has 7 nitrogen and oxygen atoms in total. The second-order valence-electron chi connectivity index (χ2n) is 6.07. The lowest BCUT2D eigenvalue weighted by atomic mass is 9.98. The first-order valence-electron chi connectivity index (χ1n) is 8.39. The highest BCUT2D eigenvalue weighted by molar-refractivity contribution is 5.35. The van der Waals surface area contributed by atoms with Crippen molar-refractivity contribution in [3.8, 4) is 11.6 Å². The van der Waals surface area contributed by atoms with Gasteiger partial charge >= 0.3 is 0 Å². The van der Waals surface area contributed by atoms with E-state index in [1.807, 2.05) is 37.3 Å². The summed E-state index contributed by atoms with van der Waals surface area (Å²) in [5.41, 5.74) is 0. The second-order valence-corrected chi connectivity index (χ2v) is 6.07. The number of anilines is 1. The van der Waals surface area contributed by atoms with Crippen LogP contribution in [0.15, 0.2) is 47.1 Å². The maximum Gasteiger partial charge on any atom is 0.231 e. The van der Waals surface area contributed by atoms with Crippen molar-refractivity contribution in [3.63, 3.8) is 0 Å². The van der Waals surface area contributed by atoms with Crippen LogP contribution in [-0.4, -0.2) is 33.2 Å². The molecule has 1 aliphatic rings. The lowest BCUT2D eigenvalue weighted by Crippen LogP contribution is -2.35. The maximum atomic E-state index is 5.81. The van der Waals surface area contributed by atoms with Gasteiger partial charge in [-0.2, -0.15) is 9.97 Å². The van der Waals surface area contributed by atoms with Crippen LogP contribution in [0.1, 0.15) is 30.5 Å². The first-order chi connectivity index (χ1) is 12.3. The van der Waals surface area contributed by atoms with Crippen molar-refractivity contribution >= 4 is 5.95 Å². The van der Waals surface area contributed by atoms with E-state index in [1.54, 1.807) is 12.3 Å². The Bertz CT molecular complexity index is 836. The Hall–Kier alpha value is -2.96. The lowest BCUT2D eigenvalue weighted by Gasteiger charge is -2.30. The number of hydrogen-bond acceptors (Lipinski definition) is 7. The summed E-state index contributed by atoms with van der Waals surface area (Å²) in [6.45, 7) is 3.50. The highest BCUT2D eigenvalue weighted by Crippen LogP contribution is 2.28. The van der Waals surface area contributed by atoms with Gasteiger partial charge in [-0.25, -0.2) is 4.98 Å². The van der Waals surface area contributed by atoms with Gasteiger partial charge in [0.1, 0.15) is 5.75 Å². The largest absolute Gasteiger partial charge is 0.439 e. The minimum atomic E-state index is 0.206. The zero-order chi connectivity index (χ0) is 17.1. The summed E-state index contributed by atoms with van der Waals surface area (Å²) < 4.78 is 11.1. The van der Waals surface area contributed by atoms with Crippen LogP contribution in [0.5, 0.6) is 11.6 Å². The summed E-state index contributed by atoms with van der Waals surface area (Å²) in [5.74, 6) is 3.52. The van der Waals surface area contributed by atoms with Crippen LogP contribution in [0.25, 0.3) is 0 Å². The van der Waals surface area contributed by atoms with Crippen molar-refractivity contribution in [2.45, 2.75) is 25.7 Å². The zero-order valence-electron chi connectivity index (χ0n) is 14.0. The van der Waals surface area contributed by atoms with E-state index in [2.05, 4.69) is 25.0 Å². The number of piperidine rings is 1. The Balaban J connectivity index is 1.50. The van der Waals surface area contributed by atoms with Gasteiger partial charge in [-0.05, 0) is 31.9 Å². The van der Waals surface area contributed by atoms with Gasteiger partial charge in [-0.3, -0.25) is 0 Å². The molecule has 7 heteroatoms. The third kappa shape index (κ3) is 3.60. The summed E-state index contributed by atoms with van der Waals surface area (Å²) in [4.78, 5) is 15.5. The number of benzene rings is 1. The molecule has 1 saturated heterocycles. The number of ether oxygens (including phenoxy) is 1. The van der Waals surface area contributed by atoms with Crippen molar-refractivity contribution < 1.29 is 9.26 Å². The smallest absolute Gasteiger partial charge is 0.231 e. The van der Waals surface area contributed by atoms with Crippen LogP contribution in [0, 0.1) is 6.92 Å². The molecule has 0 spiro atoms. The molecule has 0 bridgehead atoms. The van der Waals surface area contributed by atoms with Crippen molar-refractivity contribution in [3.05, 3.63) is 54.3 Å². The quantitative estimate of drug-likeness (QED) is 0.722. The average Bonchev–Trinajstić information content (AvgIpc) is 3.09. The van der Waals surface area contributed by atoms with Gasteiger partial charge in [-0.1, -0.05) is 23.4 Å². The molecule has 0 saturated carbocycles. The molecule has 1 aromatic carbocycles. The molecule has 2 aromatic heterocycles. The van der Waals surface area contributed by atoms with E-state index in [0.29, 0.717) is 23.5 Å². The fraction of sp³-hybridized carbons (Fsp3) is 0.333. The molecule has 4 rings (SSSR count). The van der Waals surface area contributed by atoms with Gasteiger partial charge in [0.2, 0.25) is 17.7 Å². The highest BCUT2D eigenvalue weighted by atomic mass is 16.5. The summed E-state index contributed by atoms with van der Waals surface area (Å²) in [5, 5.41) is 3.89. The molecule has 3 heterocycles. The molecule has 1 aliphatic heterocycles. The number of rotatable bonds is 4. The monoisotopic (exact) mass is 337 g/mol. The van der Waals surface area contributed by atoms with E-state index >= 15 is 0 Å². The molecule has 0 radical (unpaired) electrons. The SMILES string of the molecule is Cc1noc([C@@H]2CCCN(c3nccc(Oc4ccccc4)n3)C2)n1. The Morgan fingerprint density at radius 3 is 2.84 bits per heavy atom. The van der Waals surface area contributed by atoms with E-state index in [9.17, 15) is 0 Å². The van der Waals surface area contributed by atoms with E-state index in [0.717, 1.165) is 31.7 Å². The number of hydrogen-bond donors (Lipinski definition) is 0. The summed E-state index contributed by atoms with van der Waals surface area (Å²) >= 11 is 0. The number of para-hydroxylation sites is 1. The lowest BCUT2D eigenvalue weighted by molar-refractivity contribution is 0.330. The normalized spacial score (nSPS) is 17.5. The van der Waals surface area contributed by atoms with Gasteiger partial charge in [0.15, 0.2) is 5.82 Å². The number of aromatic nitrogens is 4. The third-order valence-electron chi connectivity index (χ3n) is 4.18. The molecule has 1 fully saturated rings. The van der Waals surface area contributed by atoms with Crippen LogP contribution in [0.4, 0.5) is 5.95 Å². The number of nitrogens with zero attached hydrogens (tertiary/aromatic N) is 5. The van der Waals surface area contributed by atoms with Gasteiger partial charge in [0.05, 0.1) is 5.92 Å². The molecule has 3 aromatic rings. The molecule has 0 aliphatic carbocycles. The molecule has 1 atom stereocenters. The van der Waals surface area contributed by atoms with Gasteiger partial charge in [0.25, 0.3) is 0 Å². The summed E-state index contributed by atoms with van der Waals surface area (Å²) in [6.07, 6.45) is 3.78. The molecular formula is C18H19N5O2. The van der Waals surface area contributed by atoms with Crippen LogP contribution < -0.4 is 9.64 Å². The Morgan fingerprint density at radius 2 is 2.04 bits per heavy atom. The van der Waals surface area contributed by atoms with Crippen LogP contribution in [-0.2, 0) is 0 Å².